The van der Waals surface area contributed by atoms with Gasteiger partial charge in [0.25, 0.3) is 0 Å². The fourth-order valence-electron chi connectivity index (χ4n) is 8.96. The van der Waals surface area contributed by atoms with E-state index < -0.39 is 46.1 Å². The fraction of sp³-hybridized carbons (Fsp3) is 0.485. The summed E-state index contributed by atoms with van der Waals surface area (Å²) in [6, 6.07) is 7.20. The lowest BCUT2D eigenvalue weighted by atomic mass is 9.45. The van der Waals surface area contributed by atoms with Gasteiger partial charge in [-0.05, 0) is 110 Å². The molecule has 0 aliphatic heterocycles. The molecule has 3 saturated carbocycles. The second kappa shape index (κ2) is 10.7. The van der Waals surface area contributed by atoms with Crippen LogP contribution in [0.15, 0.2) is 69.4 Å². The molecular weight excluding hydrogens is 574 g/mol. The molecule has 2 aromatic rings. The maximum absolute atomic E-state index is 13.9. The third-order valence-corrected chi connectivity index (χ3v) is 11.3. The van der Waals surface area contributed by atoms with Gasteiger partial charge in [-0.15, -0.1) is 12.6 Å². The van der Waals surface area contributed by atoms with Gasteiger partial charge in [0, 0.05) is 11.0 Å². The number of nitrogens with two attached hydrogens (primary N) is 1. The first kappa shape index (κ1) is 29.8. The van der Waals surface area contributed by atoms with Crippen LogP contribution in [0.3, 0.4) is 0 Å². The first-order valence-electron chi connectivity index (χ1n) is 14.7. The van der Waals surface area contributed by atoms with E-state index in [0.29, 0.717) is 30.7 Å². The number of fused-ring (bicyclic) bond motifs is 5. The Morgan fingerprint density at radius 1 is 1.28 bits per heavy atom. The van der Waals surface area contributed by atoms with Crippen molar-refractivity contribution < 1.29 is 32.6 Å². The maximum Gasteiger partial charge on any atom is 0.375 e. The minimum atomic E-state index is -1.49. The number of benzene rings is 1. The number of alkyl halides is 1. The topological polar surface area (TPSA) is 115 Å². The Hall–Kier alpha value is -3.24. The predicted octanol–water partition coefficient (Wildman–Crippen LogP) is 6.40. The highest BCUT2D eigenvalue weighted by Crippen LogP contribution is 2.69. The van der Waals surface area contributed by atoms with Crippen molar-refractivity contribution in [2.45, 2.75) is 70.8 Å². The molecule has 1 heterocycles. The van der Waals surface area contributed by atoms with Gasteiger partial charge in [-0.1, -0.05) is 19.4 Å². The predicted molar refractivity (Wildman–Crippen MR) is 160 cm³/mol. The van der Waals surface area contributed by atoms with E-state index in [9.17, 15) is 23.5 Å². The van der Waals surface area contributed by atoms with Gasteiger partial charge in [-0.2, -0.15) is 0 Å². The van der Waals surface area contributed by atoms with Crippen molar-refractivity contribution in [1.82, 2.24) is 0 Å². The van der Waals surface area contributed by atoms with Gasteiger partial charge in [-0.3, -0.25) is 4.79 Å². The molecule has 4 aliphatic carbocycles. The number of allylic oxidation sites excluding steroid dienone is 3. The zero-order valence-corrected chi connectivity index (χ0v) is 25.1. The Morgan fingerprint density at radius 3 is 2.74 bits per heavy atom. The smallest absolute Gasteiger partial charge is 0.375 e. The quantitative estimate of drug-likeness (QED) is 0.267. The lowest BCUT2D eigenvalue weighted by molar-refractivity contribution is -0.174. The van der Waals surface area contributed by atoms with Crippen LogP contribution in [0.1, 0.15) is 68.5 Å². The van der Waals surface area contributed by atoms with Gasteiger partial charge in [-0.25, -0.2) is 18.6 Å². The number of hydrogen-bond acceptors (Lipinski definition) is 7. The van der Waals surface area contributed by atoms with Crippen LogP contribution in [0, 0.1) is 34.4 Å². The number of rotatable bonds is 5. The van der Waals surface area contributed by atoms with Crippen LogP contribution in [-0.2, 0) is 16.2 Å². The van der Waals surface area contributed by atoms with E-state index in [-0.39, 0.29) is 35.5 Å². The highest BCUT2D eigenvalue weighted by atomic mass is 32.1. The Labute approximate surface area is 254 Å². The number of aliphatic hydroxyl groups excluding tert-OH is 1. The molecule has 228 valence electrons. The zero-order valence-electron chi connectivity index (χ0n) is 24.2. The number of nitrogens with zero attached hydrogens (tertiary/aromatic N) is 1. The Bertz CT molecular complexity index is 1550. The Morgan fingerprint density at radius 2 is 2.07 bits per heavy atom. The number of thiol groups is 1. The van der Waals surface area contributed by atoms with Crippen LogP contribution in [0.25, 0.3) is 0 Å². The summed E-state index contributed by atoms with van der Waals surface area (Å²) in [6.45, 7) is 3.18. The van der Waals surface area contributed by atoms with E-state index >= 15 is 0 Å². The van der Waals surface area contributed by atoms with E-state index in [1.54, 1.807) is 6.07 Å². The minimum Gasteiger partial charge on any atom is -0.457 e. The molecule has 1 aromatic heterocycles. The van der Waals surface area contributed by atoms with Crippen LogP contribution in [0.4, 0.5) is 14.5 Å². The third kappa shape index (κ3) is 4.51. The second-order valence-corrected chi connectivity index (χ2v) is 13.3. The molecule has 3 N–H and O–H groups in total. The van der Waals surface area contributed by atoms with Crippen LogP contribution in [0.5, 0.6) is 0 Å². The summed E-state index contributed by atoms with van der Waals surface area (Å²) in [6.07, 6.45) is 7.44. The molecule has 0 saturated heterocycles. The number of carbonyl (C=O) groups excluding carboxylic acids is 2. The number of furan rings is 1. The summed E-state index contributed by atoms with van der Waals surface area (Å²) < 4.78 is 38.4. The molecule has 3 unspecified atom stereocenters. The Balaban J connectivity index is 1.34. The standard InChI is InChI=1S/C33H36F2N2O5S/c1-31-14-19(17-36)25(37-21-6-8-24(35)18(12-21)16-34)13-20(31)5-7-22-23-9-10-33(30(40)43,32(23,2)15-26(38)28(22)31)42-29(39)27-4-3-11-41-27/h3-4,6,8,11-13,17,22-23,26,28,38H,5,7,9-10,14-16,36H2,1-2H3,(H,40,43)/t22-,23?,26?,28?,31-,32-,33-/m0/s1. The summed E-state index contributed by atoms with van der Waals surface area (Å²) in [4.78, 5) is 31.0. The van der Waals surface area contributed by atoms with Crippen LogP contribution >= 0.6 is 12.6 Å². The zero-order chi connectivity index (χ0) is 30.7. The van der Waals surface area contributed by atoms with E-state index in [0.717, 1.165) is 24.0 Å². The van der Waals surface area contributed by atoms with Gasteiger partial charge >= 0.3 is 5.97 Å². The average Bonchev–Trinajstić information content (AvgIpc) is 3.61. The molecule has 0 radical (unpaired) electrons. The SMILES string of the molecule is C[C@]12CC(=CN)C(=Nc3ccc(F)c(CF)c3)C=C1CC[C@@H]1C2C(O)C[C@@]2(C)C1CC[C@]2(OC(=O)c1ccco1)C(=O)S. The fourth-order valence-corrected chi connectivity index (χ4v) is 9.37. The normalized spacial score (nSPS) is 36.9. The number of carbonyl (C=O) groups is 2. The van der Waals surface area contributed by atoms with Crippen molar-refractivity contribution in [1.29, 1.82) is 0 Å². The number of esters is 1. The number of halogens is 2. The highest BCUT2D eigenvalue weighted by molar-refractivity contribution is 7.96. The molecule has 43 heavy (non-hydrogen) atoms. The van der Waals surface area contributed by atoms with Crippen molar-refractivity contribution in [3.05, 3.63) is 77.2 Å². The van der Waals surface area contributed by atoms with Crippen molar-refractivity contribution in [2.75, 3.05) is 0 Å². The van der Waals surface area contributed by atoms with Crippen molar-refractivity contribution in [3.63, 3.8) is 0 Å². The Kier molecular flexibility index (Phi) is 7.44. The van der Waals surface area contributed by atoms with Gasteiger partial charge in [0.2, 0.25) is 10.9 Å². The van der Waals surface area contributed by atoms with Gasteiger partial charge < -0.3 is 20.0 Å². The summed E-state index contributed by atoms with van der Waals surface area (Å²) in [5.74, 6) is -1.37. The second-order valence-electron chi connectivity index (χ2n) is 12.9. The van der Waals surface area contributed by atoms with Gasteiger partial charge in [0.15, 0.2) is 5.60 Å². The minimum absolute atomic E-state index is 0.0116. The summed E-state index contributed by atoms with van der Waals surface area (Å²) in [5, 5.41) is 11.4. The number of aliphatic hydroxyl groups is 1. The molecule has 4 aliphatic rings. The monoisotopic (exact) mass is 610 g/mol. The van der Waals surface area contributed by atoms with Gasteiger partial charge in [0.1, 0.15) is 12.5 Å². The van der Waals surface area contributed by atoms with Crippen molar-refractivity contribution in [3.8, 4) is 0 Å². The first-order valence-corrected chi connectivity index (χ1v) is 15.2. The molecule has 10 heteroatoms. The number of hydrogen-bond donors (Lipinski definition) is 3. The molecular formula is C33H36F2N2O5S. The molecule has 7 nitrogen and oxygen atoms in total. The number of aliphatic imine (C=N–C) groups is 1. The molecule has 7 atom stereocenters. The number of ether oxygens (including phenoxy) is 1. The molecule has 3 fully saturated rings. The van der Waals surface area contributed by atoms with Crippen LogP contribution in [-0.4, -0.2) is 33.6 Å². The highest BCUT2D eigenvalue weighted by Gasteiger charge is 2.70. The third-order valence-electron chi connectivity index (χ3n) is 10.9. The molecule has 0 amide bonds. The first-order chi connectivity index (χ1) is 20.5. The molecule has 0 spiro atoms. The van der Waals surface area contributed by atoms with Crippen molar-refractivity contribution >= 4 is 35.1 Å². The summed E-state index contributed by atoms with van der Waals surface area (Å²) in [7, 11) is 0. The van der Waals surface area contributed by atoms with Crippen molar-refractivity contribution in [2.24, 2.45) is 39.3 Å². The molecule has 1 aromatic carbocycles. The van der Waals surface area contributed by atoms with Gasteiger partial charge in [0.05, 0.1) is 23.8 Å². The van der Waals surface area contributed by atoms with Crippen LogP contribution in [0.2, 0.25) is 0 Å². The molecule has 6 rings (SSSR count). The average molecular weight is 611 g/mol. The lowest BCUT2D eigenvalue weighted by Crippen LogP contribution is -2.62. The lowest BCUT2D eigenvalue weighted by Gasteiger charge is -2.60. The van der Waals surface area contributed by atoms with E-state index in [1.165, 1.54) is 36.7 Å². The summed E-state index contributed by atoms with van der Waals surface area (Å²) in [5.41, 5.74) is 6.34. The molecule has 0 bridgehead atoms. The largest absolute Gasteiger partial charge is 0.457 e. The maximum atomic E-state index is 13.9. The van der Waals surface area contributed by atoms with Crippen LogP contribution < -0.4 is 5.73 Å². The van der Waals surface area contributed by atoms with E-state index in [2.05, 4.69) is 19.6 Å². The van der Waals surface area contributed by atoms with E-state index in [4.69, 9.17) is 19.9 Å². The summed E-state index contributed by atoms with van der Waals surface area (Å²) >= 11 is 4.24. The van der Waals surface area contributed by atoms with E-state index in [1.807, 2.05) is 13.0 Å².